The van der Waals surface area contributed by atoms with Gasteiger partial charge < -0.3 is 9.84 Å². The Morgan fingerprint density at radius 1 is 1.19 bits per heavy atom. The van der Waals surface area contributed by atoms with Crippen LogP contribution in [0.5, 0.6) is 5.75 Å². The van der Waals surface area contributed by atoms with E-state index < -0.39 is 6.10 Å². The summed E-state index contributed by atoms with van der Waals surface area (Å²) in [7, 11) is 0. The van der Waals surface area contributed by atoms with Crippen LogP contribution in [0, 0.1) is 12.7 Å². The van der Waals surface area contributed by atoms with Crippen molar-refractivity contribution in [2.45, 2.75) is 38.4 Å². The number of halogens is 1. The molecule has 0 saturated carbocycles. The van der Waals surface area contributed by atoms with Gasteiger partial charge in [-0.05, 0) is 61.1 Å². The molecule has 2 atom stereocenters. The Morgan fingerprint density at radius 3 is 2.81 bits per heavy atom. The molecule has 0 saturated heterocycles. The zero-order chi connectivity index (χ0) is 14.8. The summed E-state index contributed by atoms with van der Waals surface area (Å²) in [6, 6.07) is 12.4. The highest BCUT2D eigenvalue weighted by Gasteiger charge is 2.27. The summed E-state index contributed by atoms with van der Waals surface area (Å²) in [6.07, 6.45) is 1.77. The Morgan fingerprint density at radius 2 is 2.00 bits per heavy atom. The minimum absolute atomic E-state index is 0.272. The Bertz CT molecular complexity index is 639. The van der Waals surface area contributed by atoms with Crippen molar-refractivity contribution in [1.82, 2.24) is 0 Å². The third-order valence-electron chi connectivity index (χ3n) is 4.08. The predicted octanol–water partition coefficient (Wildman–Crippen LogP) is 3.95. The van der Waals surface area contributed by atoms with Crippen LogP contribution in [-0.2, 0) is 6.42 Å². The lowest BCUT2D eigenvalue weighted by atomic mass is 10.00. The minimum Gasteiger partial charge on any atom is -0.487 e. The fourth-order valence-electron chi connectivity index (χ4n) is 2.93. The van der Waals surface area contributed by atoms with Crippen LogP contribution in [-0.4, -0.2) is 11.2 Å². The van der Waals surface area contributed by atoms with Gasteiger partial charge in [0.2, 0.25) is 0 Å². The lowest BCUT2D eigenvalue weighted by Crippen LogP contribution is -2.25. The molecule has 0 aliphatic heterocycles. The number of hydrogen-bond acceptors (Lipinski definition) is 2. The number of aryl methyl sites for hydroxylation is 2. The van der Waals surface area contributed by atoms with E-state index in [1.165, 1.54) is 17.7 Å². The van der Waals surface area contributed by atoms with Crippen molar-refractivity contribution in [3.63, 3.8) is 0 Å². The molecule has 1 aliphatic rings. The van der Waals surface area contributed by atoms with E-state index in [1.54, 1.807) is 6.07 Å². The minimum atomic E-state index is -0.645. The number of rotatable bonds is 2. The van der Waals surface area contributed by atoms with Crippen molar-refractivity contribution < 1.29 is 14.2 Å². The van der Waals surface area contributed by atoms with Crippen LogP contribution < -0.4 is 4.74 Å². The Kier molecular flexibility index (Phi) is 3.93. The summed E-state index contributed by atoms with van der Waals surface area (Å²) in [5, 5.41) is 10.6. The van der Waals surface area contributed by atoms with Gasteiger partial charge in [-0.25, -0.2) is 4.39 Å². The van der Waals surface area contributed by atoms with Crippen LogP contribution in [0.3, 0.4) is 0 Å². The molecule has 0 spiro atoms. The molecule has 0 amide bonds. The second-order valence-corrected chi connectivity index (χ2v) is 5.60. The number of fused-ring (bicyclic) bond motifs is 1. The summed E-state index contributed by atoms with van der Waals surface area (Å²) in [5.41, 5.74) is 2.88. The fourth-order valence-corrected chi connectivity index (χ4v) is 2.93. The second-order valence-electron chi connectivity index (χ2n) is 5.60. The van der Waals surface area contributed by atoms with Gasteiger partial charge in [0.1, 0.15) is 23.8 Å². The van der Waals surface area contributed by atoms with Gasteiger partial charge in [0.15, 0.2) is 0 Å². The molecule has 110 valence electrons. The van der Waals surface area contributed by atoms with Crippen molar-refractivity contribution >= 4 is 0 Å². The van der Waals surface area contributed by atoms with Crippen LogP contribution in [0.4, 0.5) is 4.39 Å². The summed E-state index contributed by atoms with van der Waals surface area (Å²) < 4.78 is 19.1. The van der Waals surface area contributed by atoms with Crippen molar-refractivity contribution in [1.29, 1.82) is 0 Å². The fraction of sp³-hybridized carbons (Fsp3) is 0.333. The van der Waals surface area contributed by atoms with Gasteiger partial charge in [0.25, 0.3) is 0 Å². The molecule has 1 N–H and O–H groups in total. The van der Waals surface area contributed by atoms with E-state index in [-0.39, 0.29) is 11.9 Å². The van der Waals surface area contributed by atoms with Gasteiger partial charge in [-0.15, -0.1) is 0 Å². The molecular weight excluding hydrogens is 267 g/mol. The molecule has 2 aromatic carbocycles. The average molecular weight is 286 g/mol. The average Bonchev–Trinajstić information content (AvgIpc) is 2.63. The van der Waals surface area contributed by atoms with Crippen LogP contribution >= 0.6 is 0 Å². The van der Waals surface area contributed by atoms with Gasteiger partial charge in [0.05, 0.1) is 0 Å². The topological polar surface area (TPSA) is 29.5 Å². The first-order valence-corrected chi connectivity index (χ1v) is 7.34. The summed E-state index contributed by atoms with van der Waals surface area (Å²) in [6.45, 7) is 1.81. The maximum atomic E-state index is 13.2. The van der Waals surface area contributed by atoms with Crippen LogP contribution in [0.2, 0.25) is 0 Å². The lowest BCUT2D eigenvalue weighted by molar-refractivity contribution is 0.0317. The SMILES string of the molecule is Cc1cc(F)ccc1OC1CCCc2ccccc2C1O. The molecule has 21 heavy (non-hydrogen) atoms. The number of ether oxygens (including phenoxy) is 1. The summed E-state index contributed by atoms with van der Waals surface area (Å²) >= 11 is 0. The lowest BCUT2D eigenvalue weighted by Gasteiger charge is -2.24. The monoisotopic (exact) mass is 286 g/mol. The quantitative estimate of drug-likeness (QED) is 0.847. The van der Waals surface area contributed by atoms with Crippen molar-refractivity contribution in [2.75, 3.05) is 0 Å². The predicted molar refractivity (Wildman–Crippen MR) is 79.9 cm³/mol. The third kappa shape index (κ3) is 2.93. The summed E-state index contributed by atoms with van der Waals surface area (Å²) in [4.78, 5) is 0. The van der Waals surface area contributed by atoms with Gasteiger partial charge >= 0.3 is 0 Å². The number of benzene rings is 2. The molecule has 2 unspecified atom stereocenters. The molecule has 0 bridgehead atoms. The van der Waals surface area contributed by atoms with Crippen LogP contribution in [0.25, 0.3) is 0 Å². The van der Waals surface area contributed by atoms with Gasteiger partial charge in [-0.3, -0.25) is 0 Å². The van der Waals surface area contributed by atoms with E-state index in [0.29, 0.717) is 5.75 Å². The standard InChI is InChI=1S/C18H19FO2/c1-12-11-14(19)9-10-16(12)21-17-8-4-6-13-5-2-3-7-15(13)18(17)20/h2-3,5,7,9-11,17-18,20H,4,6,8H2,1H3. The first-order valence-electron chi connectivity index (χ1n) is 7.34. The highest BCUT2D eigenvalue weighted by molar-refractivity contribution is 5.34. The van der Waals surface area contributed by atoms with E-state index >= 15 is 0 Å². The van der Waals surface area contributed by atoms with Crippen molar-refractivity contribution in [3.05, 3.63) is 65.0 Å². The molecule has 1 aliphatic carbocycles. The van der Waals surface area contributed by atoms with Crippen molar-refractivity contribution in [2.24, 2.45) is 0 Å². The molecule has 0 radical (unpaired) electrons. The van der Waals surface area contributed by atoms with Crippen LogP contribution in [0.1, 0.15) is 35.6 Å². The van der Waals surface area contributed by atoms with Crippen LogP contribution in [0.15, 0.2) is 42.5 Å². The maximum absolute atomic E-state index is 13.2. The molecule has 0 heterocycles. The summed E-state index contributed by atoms with van der Waals surface area (Å²) in [5.74, 6) is 0.367. The second kappa shape index (κ2) is 5.86. The number of hydrogen-bond donors (Lipinski definition) is 1. The largest absolute Gasteiger partial charge is 0.487 e. The van der Waals surface area contributed by atoms with E-state index in [1.807, 2.05) is 25.1 Å². The first-order chi connectivity index (χ1) is 10.1. The van der Waals surface area contributed by atoms with Gasteiger partial charge in [-0.2, -0.15) is 0 Å². The highest BCUT2D eigenvalue weighted by Crippen LogP contribution is 2.32. The van der Waals surface area contributed by atoms with Gasteiger partial charge in [0, 0.05) is 0 Å². The molecular formula is C18H19FO2. The first kappa shape index (κ1) is 14.1. The van der Waals surface area contributed by atoms with E-state index in [0.717, 1.165) is 30.4 Å². The Labute approximate surface area is 124 Å². The normalized spacial score (nSPS) is 21.5. The molecule has 3 rings (SSSR count). The van der Waals surface area contributed by atoms with E-state index in [4.69, 9.17) is 4.74 Å². The highest BCUT2D eigenvalue weighted by atomic mass is 19.1. The Hall–Kier alpha value is -1.87. The molecule has 0 fully saturated rings. The van der Waals surface area contributed by atoms with E-state index in [9.17, 15) is 9.50 Å². The Balaban J connectivity index is 1.86. The maximum Gasteiger partial charge on any atom is 0.129 e. The number of aliphatic hydroxyl groups excluding tert-OH is 1. The van der Waals surface area contributed by atoms with E-state index in [2.05, 4.69) is 6.07 Å². The van der Waals surface area contributed by atoms with Gasteiger partial charge in [-0.1, -0.05) is 24.3 Å². The smallest absolute Gasteiger partial charge is 0.129 e. The number of aliphatic hydroxyl groups is 1. The van der Waals surface area contributed by atoms with Crippen molar-refractivity contribution in [3.8, 4) is 5.75 Å². The third-order valence-corrected chi connectivity index (χ3v) is 4.08. The zero-order valence-corrected chi connectivity index (χ0v) is 12.1. The molecule has 0 aromatic heterocycles. The molecule has 2 aromatic rings. The zero-order valence-electron chi connectivity index (χ0n) is 12.1. The molecule has 3 heteroatoms. The molecule has 2 nitrogen and oxygen atoms in total.